The lowest BCUT2D eigenvalue weighted by atomic mass is 10.0. The number of anilines is 1. The normalized spacial score (nSPS) is 11.4. The van der Waals surface area contributed by atoms with Gasteiger partial charge in [0.15, 0.2) is 5.78 Å². The SMILES string of the molecule is Nc1ccccc1C(=O)C[C@@H](C(=O)O)N(C=O)C=O. The summed E-state index contributed by atoms with van der Waals surface area (Å²) < 4.78 is 0. The fourth-order valence-electron chi connectivity index (χ4n) is 1.53. The Morgan fingerprint density at radius 3 is 2.32 bits per heavy atom. The fourth-order valence-corrected chi connectivity index (χ4v) is 1.53. The molecule has 0 aliphatic carbocycles. The van der Waals surface area contributed by atoms with Gasteiger partial charge in [-0.05, 0) is 12.1 Å². The Labute approximate surface area is 108 Å². The largest absolute Gasteiger partial charge is 0.480 e. The maximum absolute atomic E-state index is 11.9. The van der Waals surface area contributed by atoms with Gasteiger partial charge in [0.25, 0.3) is 0 Å². The number of nitrogens with two attached hydrogens (primary N) is 1. The molecular weight excluding hydrogens is 252 g/mol. The van der Waals surface area contributed by atoms with Crippen LogP contribution >= 0.6 is 0 Å². The van der Waals surface area contributed by atoms with Crippen molar-refractivity contribution in [2.24, 2.45) is 0 Å². The number of rotatable bonds is 7. The van der Waals surface area contributed by atoms with Gasteiger partial charge in [0.2, 0.25) is 12.8 Å². The van der Waals surface area contributed by atoms with Crippen LogP contribution < -0.4 is 5.73 Å². The number of imide groups is 1. The Bertz CT molecular complexity index is 507. The van der Waals surface area contributed by atoms with Gasteiger partial charge in [-0.3, -0.25) is 19.3 Å². The van der Waals surface area contributed by atoms with Crippen molar-refractivity contribution in [1.29, 1.82) is 0 Å². The maximum Gasteiger partial charge on any atom is 0.327 e. The highest BCUT2D eigenvalue weighted by atomic mass is 16.4. The molecule has 0 unspecified atom stereocenters. The molecule has 0 saturated heterocycles. The van der Waals surface area contributed by atoms with Crippen LogP contribution in [0.4, 0.5) is 5.69 Å². The van der Waals surface area contributed by atoms with Crippen LogP contribution in [0.25, 0.3) is 0 Å². The highest BCUT2D eigenvalue weighted by Crippen LogP contribution is 2.15. The van der Waals surface area contributed by atoms with Crippen LogP contribution in [0.2, 0.25) is 0 Å². The lowest BCUT2D eigenvalue weighted by Crippen LogP contribution is -2.41. The zero-order valence-electron chi connectivity index (χ0n) is 9.85. The standard InChI is InChI=1S/C12H12N2O5/c13-9-4-2-1-3-8(9)11(17)5-10(12(18)19)14(6-15)7-16/h1-4,6-7,10H,5,13H2,(H,18,19)/t10-/m0/s1. The second-order valence-corrected chi connectivity index (χ2v) is 3.73. The van der Waals surface area contributed by atoms with Crippen molar-refractivity contribution in [1.82, 2.24) is 4.90 Å². The molecule has 0 aliphatic rings. The van der Waals surface area contributed by atoms with Gasteiger partial charge in [0, 0.05) is 17.7 Å². The van der Waals surface area contributed by atoms with Crippen molar-refractivity contribution >= 4 is 30.3 Å². The number of amides is 2. The second kappa shape index (κ2) is 6.29. The number of benzene rings is 1. The van der Waals surface area contributed by atoms with Crippen molar-refractivity contribution in [3.8, 4) is 0 Å². The number of carboxylic acid groups (broad SMARTS) is 1. The molecule has 1 rings (SSSR count). The first-order valence-corrected chi connectivity index (χ1v) is 5.29. The molecular formula is C12H12N2O5. The predicted octanol–water partition coefficient (Wildman–Crippen LogP) is -0.0904. The second-order valence-electron chi connectivity index (χ2n) is 3.73. The number of aliphatic carboxylic acids is 1. The van der Waals surface area contributed by atoms with Crippen molar-refractivity contribution < 1.29 is 24.3 Å². The van der Waals surface area contributed by atoms with Gasteiger partial charge in [-0.2, -0.15) is 0 Å². The van der Waals surface area contributed by atoms with E-state index in [1.165, 1.54) is 12.1 Å². The van der Waals surface area contributed by atoms with Crippen LogP contribution in [0.1, 0.15) is 16.8 Å². The summed E-state index contributed by atoms with van der Waals surface area (Å²) in [6, 6.07) is 4.62. The number of nitrogen functional groups attached to an aromatic ring is 1. The summed E-state index contributed by atoms with van der Waals surface area (Å²) >= 11 is 0. The van der Waals surface area contributed by atoms with Gasteiger partial charge < -0.3 is 10.8 Å². The van der Waals surface area contributed by atoms with E-state index in [1.54, 1.807) is 12.1 Å². The van der Waals surface area contributed by atoms with Gasteiger partial charge in [-0.15, -0.1) is 0 Å². The molecule has 0 bridgehead atoms. The number of nitrogens with zero attached hydrogens (tertiary/aromatic N) is 1. The first-order valence-electron chi connectivity index (χ1n) is 5.29. The first kappa shape index (κ1) is 14.4. The van der Waals surface area contributed by atoms with Crippen molar-refractivity contribution in [3.63, 3.8) is 0 Å². The molecule has 3 N–H and O–H groups in total. The Kier molecular flexibility index (Phi) is 4.76. The number of hydrogen-bond donors (Lipinski definition) is 2. The summed E-state index contributed by atoms with van der Waals surface area (Å²) in [6.45, 7) is 0. The van der Waals surface area contributed by atoms with E-state index in [0.29, 0.717) is 4.90 Å². The lowest BCUT2D eigenvalue weighted by molar-refractivity contribution is -0.149. The Morgan fingerprint density at radius 1 is 1.26 bits per heavy atom. The average molecular weight is 264 g/mol. The summed E-state index contributed by atoms with van der Waals surface area (Å²) in [5, 5.41) is 8.93. The molecule has 0 aromatic heterocycles. The molecule has 0 saturated carbocycles. The Morgan fingerprint density at radius 2 is 1.84 bits per heavy atom. The summed E-state index contributed by atoms with van der Waals surface area (Å²) in [5.41, 5.74) is 5.96. The van der Waals surface area contributed by atoms with E-state index in [2.05, 4.69) is 0 Å². The summed E-state index contributed by atoms with van der Waals surface area (Å²) in [7, 11) is 0. The quantitative estimate of drug-likeness (QED) is 0.403. The highest BCUT2D eigenvalue weighted by molar-refractivity contribution is 6.03. The number of hydrogen-bond acceptors (Lipinski definition) is 5. The predicted molar refractivity (Wildman–Crippen MR) is 65.2 cm³/mol. The molecule has 7 heteroatoms. The van der Waals surface area contributed by atoms with Crippen molar-refractivity contribution in [2.45, 2.75) is 12.5 Å². The van der Waals surface area contributed by atoms with Gasteiger partial charge in [-0.25, -0.2) is 4.79 Å². The molecule has 0 radical (unpaired) electrons. The van der Waals surface area contributed by atoms with E-state index >= 15 is 0 Å². The topological polar surface area (TPSA) is 118 Å². The minimum absolute atomic E-state index is 0.0629. The number of carboxylic acids is 1. The van der Waals surface area contributed by atoms with E-state index in [-0.39, 0.29) is 24.1 Å². The van der Waals surface area contributed by atoms with Crippen molar-refractivity contribution in [3.05, 3.63) is 29.8 Å². The van der Waals surface area contributed by atoms with Crippen LogP contribution in [0, 0.1) is 0 Å². The zero-order chi connectivity index (χ0) is 14.4. The van der Waals surface area contributed by atoms with E-state index in [9.17, 15) is 19.2 Å². The number of ketones is 1. The number of para-hydroxylation sites is 1. The molecule has 2 amide bonds. The molecule has 1 atom stereocenters. The van der Waals surface area contributed by atoms with Crippen LogP contribution in [-0.2, 0) is 14.4 Å². The number of carbonyl (C=O) groups excluding carboxylic acids is 3. The van der Waals surface area contributed by atoms with Gasteiger partial charge >= 0.3 is 5.97 Å². The molecule has 7 nitrogen and oxygen atoms in total. The third-order valence-electron chi connectivity index (χ3n) is 2.53. The van der Waals surface area contributed by atoms with Crippen LogP contribution in [0.5, 0.6) is 0 Å². The highest BCUT2D eigenvalue weighted by Gasteiger charge is 2.28. The minimum atomic E-state index is -1.54. The first-order chi connectivity index (χ1) is 9.01. The maximum atomic E-state index is 11.9. The molecule has 1 aromatic carbocycles. The number of Topliss-reactive ketones (excluding diaryl/α,β-unsaturated/α-hetero) is 1. The minimum Gasteiger partial charge on any atom is -0.480 e. The Balaban J connectivity index is 2.95. The monoisotopic (exact) mass is 264 g/mol. The molecule has 0 heterocycles. The molecule has 0 fully saturated rings. The third kappa shape index (κ3) is 3.38. The van der Waals surface area contributed by atoms with Crippen LogP contribution in [-0.4, -0.2) is 40.6 Å². The van der Waals surface area contributed by atoms with E-state index in [1.807, 2.05) is 0 Å². The molecule has 19 heavy (non-hydrogen) atoms. The van der Waals surface area contributed by atoms with E-state index < -0.39 is 24.2 Å². The lowest BCUT2D eigenvalue weighted by Gasteiger charge is -2.18. The average Bonchev–Trinajstić information content (AvgIpc) is 2.39. The molecule has 0 aliphatic heterocycles. The van der Waals surface area contributed by atoms with Crippen LogP contribution in [0.3, 0.4) is 0 Å². The Hall–Kier alpha value is -2.70. The van der Waals surface area contributed by atoms with E-state index in [0.717, 1.165) is 0 Å². The molecule has 100 valence electrons. The number of carbonyl (C=O) groups is 4. The fraction of sp³-hybridized carbons (Fsp3) is 0.167. The summed E-state index contributed by atoms with van der Waals surface area (Å²) in [6.07, 6.45) is -0.401. The van der Waals surface area contributed by atoms with Crippen LogP contribution in [0.15, 0.2) is 24.3 Å². The molecule has 0 spiro atoms. The summed E-state index contributed by atoms with van der Waals surface area (Å²) in [4.78, 5) is 44.4. The smallest absolute Gasteiger partial charge is 0.327 e. The van der Waals surface area contributed by atoms with Crippen molar-refractivity contribution in [2.75, 3.05) is 5.73 Å². The third-order valence-corrected chi connectivity index (χ3v) is 2.53. The van der Waals surface area contributed by atoms with Gasteiger partial charge in [0.1, 0.15) is 6.04 Å². The van der Waals surface area contributed by atoms with Gasteiger partial charge in [0.05, 0.1) is 0 Å². The zero-order valence-corrected chi connectivity index (χ0v) is 9.85. The van der Waals surface area contributed by atoms with Gasteiger partial charge in [-0.1, -0.05) is 12.1 Å². The molecule has 1 aromatic rings. The summed E-state index contributed by atoms with van der Waals surface area (Å²) in [5.74, 6) is -2.00. The van der Waals surface area contributed by atoms with E-state index in [4.69, 9.17) is 10.8 Å².